The molecule has 12 heavy (non-hydrogen) atoms. The minimum atomic E-state index is -0.262. The number of hydrogen-bond donors (Lipinski definition) is 3. The monoisotopic (exact) mass is 169 g/mol. The Morgan fingerprint density at radius 2 is 2.00 bits per heavy atom. The van der Waals surface area contributed by atoms with Crippen molar-refractivity contribution in [3.05, 3.63) is 23.5 Å². The molecule has 1 aromatic carbocycles. The number of anilines is 2. The van der Waals surface area contributed by atoms with Crippen LogP contribution >= 0.6 is 0 Å². The zero-order chi connectivity index (χ0) is 9.14. The molecule has 0 unspecified atom stereocenters. The summed E-state index contributed by atoms with van der Waals surface area (Å²) in [5.74, 6) is 4.93. The molecule has 0 saturated carbocycles. The summed E-state index contributed by atoms with van der Waals surface area (Å²) in [4.78, 5) is 0. The number of nitrogens with two attached hydrogens (primary N) is 1. The first-order valence-electron chi connectivity index (χ1n) is 3.63. The molecular weight excluding hydrogens is 157 g/mol. The van der Waals surface area contributed by atoms with Crippen LogP contribution in [0.25, 0.3) is 0 Å². The molecule has 1 rings (SSSR count). The van der Waals surface area contributed by atoms with Gasteiger partial charge in [-0.3, -0.25) is 5.84 Å². The van der Waals surface area contributed by atoms with Crippen molar-refractivity contribution in [3.8, 4) is 0 Å². The quantitative estimate of drug-likeness (QED) is 0.464. The molecule has 0 heterocycles. The summed E-state index contributed by atoms with van der Waals surface area (Å²) in [7, 11) is 1.76. The van der Waals surface area contributed by atoms with Gasteiger partial charge in [0.15, 0.2) is 0 Å². The van der Waals surface area contributed by atoms with Crippen LogP contribution in [0.2, 0.25) is 0 Å². The van der Waals surface area contributed by atoms with E-state index in [2.05, 4.69) is 10.7 Å². The third kappa shape index (κ3) is 1.48. The Hall–Kier alpha value is -1.29. The highest BCUT2D eigenvalue weighted by molar-refractivity contribution is 5.69. The highest BCUT2D eigenvalue weighted by atomic mass is 19.1. The number of hydrazine groups is 1. The van der Waals surface area contributed by atoms with Crippen LogP contribution in [0.5, 0.6) is 0 Å². The molecule has 0 atom stereocenters. The minimum Gasteiger partial charge on any atom is -0.386 e. The Morgan fingerprint density at radius 1 is 1.33 bits per heavy atom. The van der Waals surface area contributed by atoms with Gasteiger partial charge in [-0.1, -0.05) is 0 Å². The lowest BCUT2D eigenvalue weighted by Gasteiger charge is -2.09. The first kappa shape index (κ1) is 8.80. The van der Waals surface area contributed by atoms with Crippen LogP contribution in [0.1, 0.15) is 5.56 Å². The van der Waals surface area contributed by atoms with Gasteiger partial charge in [0.1, 0.15) is 5.82 Å². The zero-order valence-corrected chi connectivity index (χ0v) is 7.11. The van der Waals surface area contributed by atoms with Gasteiger partial charge < -0.3 is 10.7 Å². The molecule has 0 amide bonds. The second kappa shape index (κ2) is 3.40. The van der Waals surface area contributed by atoms with Gasteiger partial charge in [0.05, 0.1) is 11.4 Å². The van der Waals surface area contributed by atoms with Crippen molar-refractivity contribution in [3.63, 3.8) is 0 Å². The molecule has 3 nitrogen and oxygen atoms in total. The van der Waals surface area contributed by atoms with Crippen molar-refractivity contribution in [1.82, 2.24) is 0 Å². The standard InChI is InChI=1S/C8H12FN3/c1-5-3-7(11-2)8(12-10)4-6(5)9/h3-4,11-12H,10H2,1-2H3. The fraction of sp³-hybridized carbons (Fsp3) is 0.250. The predicted molar refractivity (Wildman–Crippen MR) is 48.5 cm³/mol. The van der Waals surface area contributed by atoms with E-state index in [9.17, 15) is 4.39 Å². The Morgan fingerprint density at radius 3 is 2.50 bits per heavy atom. The van der Waals surface area contributed by atoms with Crippen LogP contribution in [0.3, 0.4) is 0 Å². The summed E-state index contributed by atoms with van der Waals surface area (Å²) in [6.45, 7) is 1.70. The molecule has 0 aromatic heterocycles. The molecule has 4 N–H and O–H groups in total. The maximum atomic E-state index is 13.0. The van der Waals surface area contributed by atoms with E-state index < -0.39 is 0 Å². The number of halogens is 1. The summed E-state index contributed by atoms with van der Waals surface area (Å²) in [5.41, 5.74) is 4.35. The molecule has 0 spiro atoms. The van der Waals surface area contributed by atoms with Crippen molar-refractivity contribution in [1.29, 1.82) is 0 Å². The third-order valence-corrected chi connectivity index (χ3v) is 1.72. The maximum absolute atomic E-state index is 13.0. The van der Waals surface area contributed by atoms with Crippen LogP contribution in [-0.4, -0.2) is 7.05 Å². The van der Waals surface area contributed by atoms with Gasteiger partial charge in [-0.05, 0) is 18.6 Å². The molecule has 0 fully saturated rings. The molecule has 1 aromatic rings. The molecule has 66 valence electrons. The maximum Gasteiger partial charge on any atom is 0.128 e. The lowest BCUT2D eigenvalue weighted by Crippen LogP contribution is -2.09. The summed E-state index contributed by atoms with van der Waals surface area (Å²) in [6.07, 6.45) is 0. The molecule has 4 heteroatoms. The molecular formula is C8H12FN3. The number of benzene rings is 1. The molecule has 0 aliphatic carbocycles. The van der Waals surface area contributed by atoms with Crippen LogP contribution in [-0.2, 0) is 0 Å². The van der Waals surface area contributed by atoms with Crippen molar-refractivity contribution in [2.45, 2.75) is 6.92 Å². The van der Waals surface area contributed by atoms with Gasteiger partial charge in [-0.25, -0.2) is 4.39 Å². The normalized spacial score (nSPS) is 9.67. The number of nitrogens with one attached hydrogen (secondary N) is 2. The minimum absolute atomic E-state index is 0.262. The zero-order valence-electron chi connectivity index (χ0n) is 7.11. The van der Waals surface area contributed by atoms with Gasteiger partial charge in [-0.2, -0.15) is 0 Å². The van der Waals surface area contributed by atoms with E-state index in [-0.39, 0.29) is 5.82 Å². The molecule has 0 radical (unpaired) electrons. The van der Waals surface area contributed by atoms with E-state index >= 15 is 0 Å². The summed E-state index contributed by atoms with van der Waals surface area (Å²) in [5, 5.41) is 2.91. The summed E-state index contributed by atoms with van der Waals surface area (Å²) < 4.78 is 13.0. The van der Waals surface area contributed by atoms with Crippen LogP contribution < -0.4 is 16.6 Å². The van der Waals surface area contributed by atoms with Gasteiger partial charge in [0.2, 0.25) is 0 Å². The van der Waals surface area contributed by atoms with Gasteiger partial charge in [0.25, 0.3) is 0 Å². The number of nitrogen functional groups attached to an aromatic ring is 1. The Kier molecular flexibility index (Phi) is 2.50. The largest absolute Gasteiger partial charge is 0.386 e. The summed E-state index contributed by atoms with van der Waals surface area (Å²) in [6, 6.07) is 3.06. The first-order chi connectivity index (χ1) is 5.69. The third-order valence-electron chi connectivity index (χ3n) is 1.72. The average Bonchev–Trinajstić information content (AvgIpc) is 2.09. The lowest BCUT2D eigenvalue weighted by atomic mass is 10.2. The SMILES string of the molecule is CNc1cc(C)c(F)cc1NN. The highest BCUT2D eigenvalue weighted by Gasteiger charge is 2.03. The van der Waals surface area contributed by atoms with Gasteiger partial charge >= 0.3 is 0 Å². The fourth-order valence-electron chi connectivity index (χ4n) is 1.01. The van der Waals surface area contributed by atoms with Gasteiger partial charge in [-0.15, -0.1) is 0 Å². The van der Waals surface area contributed by atoms with Crippen LogP contribution in [0, 0.1) is 12.7 Å². The smallest absolute Gasteiger partial charge is 0.128 e. The van der Waals surface area contributed by atoms with Crippen LogP contribution in [0.15, 0.2) is 12.1 Å². The van der Waals surface area contributed by atoms with Crippen LogP contribution in [0.4, 0.5) is 15.8 Å². The van der Waals surface area contributed by atoms with E-state index in [1.165, 1.54) is 6.07 Å². The molecule has 0 saturated heterocycles. The summed E-state index contributed by atoms with van der Waals surface area (Å²) >= 11 is 0. The van der Waals surface area contributed by atoms with E-state index in [1.54, 1.807) is 20.0 Å². The second-order valence-electron chi connectivity index (χ2n) is 2.54. The number of aryl methyl sites for hydroxylation is 1. The first-order valence-corrected chi connectivity index (χ1v) is 3.63. The highest BCUT2D eigenvalue weighted by Crippen LogP contribution is 2.23. The van der Waals surface area contributed by atoms with Gasteiger partial charge in [0, 0.05) is 13.1 Å². The van der Waals surface area contributed by atoms with E-state index in [0.717, 1.165) is 5.69 Å². The second-order valence-corrected chi connectivity index (χ2v) is 2.54. The fourth-order valence-corrected chi connectivity index (χ4v) is 1.01. The number of rotatable bonds is 2. The lowest BCUT2D eigenvalue weighted by molar-refractivity contribution is 0.619. The van der Waals surface area contributed by atoms with E-state index in [0.29, 0.717) is 11.3 Å². The van der Waals surface area contributed by atoms with Crippen molar-refractivity contribution < 1.29 is 4.39 Å². The van der Waals surface area contributed by atoms with Crippen molar-refractivity contribution >= 4 is 11.4 Å². The average molecular weight is 169 g/mol. The molecule has 0 aliphatic rings. The van der Waals surface area contributed by atoms with E-state index in [4.69, 9.17) is 5.84 Å². The topological polar surface area (TPSA) is 50.1 Å². The van der Waals surface area contributed by atoms with Crippen molar-refractivity contribution in [2.75, 3.05) is 17.8 Å². The molecule has 0 aliphatic heterocycles. The number of hydrogen-bond acceptors (Lipinski definition) is 3. The Bertz CT molecular complexity index is 257. The van der Waals surface area contributed by atoms with Crippen molar-refractivity contribution in [2.24, 2.45) is 5.84 Å². The Balaban J connectivity index is 3.19. The van der Waals surface area contributed by atoms with E-state index in [1.807, 2.05) is 0 Å². The Labute approximate surface area is 70.7 Å². The molecule has 0 bridgehead atoms. The predicted octanol–water partition coefficient (Wildman–Crippen LogP) is 1.46.